The van der Waals surface area contributed by atoms with Gasteiger partial charge in [0.25, 0.3) is 0 Å². The van der Waals surface area contributed by atoms with Crippen molar-refractivity contribution in [2.45, 2.75) is 0 Å². The average molecular weight is 429 g/mol. The largest absolute Gasteiger partial charge is 0.0622 e. The van der Waals surface area contributed by atoms with Crippen molar-refractivity contribution >= 4 is 10.8 Å². The summed E-state index contributed by atoms with van der Waals surface area (Å²) in [6.07, 6.45) is 0. The first-order chi connectivity index (χ1) is 16.8. The average Bonchev–Trinajstić information content (AvgIpc) is 2.91. The van der Waals surface area contributed by atoms with Crippen LogP contribution < -0.4 is 0 Å². The van der Waals surface area contributed by atoms with Gasteiger partial charge in [-0.3, -0.25) is 0 Å². The fourth-order valence-electron chi connectivity index (χ4n) is 3.60. The zero-order valence-electron chi connectivity index (χ0n) is 18.5. The lowest BCUT2D eigenvalue weighted by molar-refractivity contribution is 1.61. The molecule has 0 aliphatic heterocycles. The number of benzene rings is 5. The van der Waals surface area contributed by atoms with Crippen LogP contribution in [0.15, 0.2) is 121 Å². The third-order valence-electron chi connectivity index (χ3n) is 5.32. The molecule has 0 amide bonds. The molecular weight excluding hydrogens is 408 g/mol. The third kappa shape index (κ3) is 5.26. The summed E-state index contributed by atoms with van der Waals surface area (Å²) in [5.41, 5.74) is 5.82. The number of hydrogen-bond acceptors (Lipinski definition) is 0. The first-order valence-corrected chi connectivity index (χ1v) is 11.1. The quantitative estimate of drug-likeness (QED) is 0.232. The molecule has 0 nitrogen and oxygen atoms in total. The van der Waals surface area contributed by atoms with Crippen LogP contribution in [0.25, 0.3) is 10.8 Å². The van der Waals surface area contributed by atoms with E-state index in [4.69, 9.17) is 0 Å². The summed E-state index contributed by atoms with van der Waals surface area (Å²) in [4.78, 5) is 0. The molecule has 34 heavy (non-hydrogen) atoms. The molecule has 0 aliphatic carbocycles. The summed E-state index contributed by atoms with van der Waals surface area (Å²) < 4.78 is 0. The summed E-state index contributed by atoms with van der Waals surface area (Å²) in [7, 11) is 0. The normalized spacial score (nSPS) is 9.65. The summed E-state index contributed by atoms with van der Waals surface area (Å²) in [6.45, 7) is 0. The summed E-state index contributed by atoms with van der Waals surface area (Å²) in [5, 5.41) is 2.18. The maximum absolute atomic E-state index is 3.38. The maximum atomic E-state index is 3.38. The lowest BCUT2D eigenvalue weighted by Crippen LogP contribution is -1.87. The predicted molar refractivity (Wildman–Crippen MR) is 141 cm³/mol. The highest BCUT2D eigenvalue weighted by molar-refractivity contribution is 5.91. The van der Waals surface area contributed by atoms with Crippen LogP contribution in [-0.4, -0.2) is 0 Å². The van der Waals surface area contributed by atoms with Crippen molar-refractivity contribution in [3.8, 4) is 35.5 Å². The molecule has 0 saturated heterocycles. The monoisotopic (exact) mass is 428 g/mol. The van der Waals surface area contributed by atoms with E-state index in [0.29, 0.717) is 0 Å². The Balaban J connectivity index is 1.59. The zero-order valence-corrected chi connectivity index (χ0v) is 18.5. The second kappa shape index (κ2) is 10.1. The van der Waals surface area contributed by atoms with Crippen molar-refractivity contribution in [3.05, 3.63) is 155 Å². The molecule has 0 fully saturated rings. The summed E-state index contributed by atoms with van der Waals surface area (Å²) in [5.74, 6) is 19.8. The van der Waals surface area contributed by atoms with E-state index in [2.05, 4.69) is 65.9 Å². The topological polar surface area (TPSA) is 0 Å². The molecular formula is C34H20. The van der Waals surface area contributed by atoms with Crippen molar-refractivity contribution < 1.29 is 0 Å². The lowest BCUT2D eigenvalue weighted by atomic mass is 9.98. The van der Waals surface area contributed by atoms with Gasteiger partial charge in [-0.2, -0.15) is 0 Å². The molecule has 5 aromatic rings. The molecule has 0 radical (unpaired) electrons. The summed E-state index contributed by atoms with van der Waals surface area (Å²) >= 11 is 0. The Kier molecular flexibility index (Phi) is 6.22. The van der Waals surface area contributed by atoms with Gasteiger partial charge in [-0.25, -0.2) is 0 Å². The standard InChI is InChI=1S/C34H20/c1-4-10-27(11-5-1)16-18-30-21-23-33-25-31(19-17-28-12-6-2-7-13-28)24-32(34(33)26-30)22-20-29-14-8-3-9-15-29/h1-15,21,23-26H. The van der Waals surface area contributed by atoms with Gasteiger partial charge in [0.15, 0.2) is 0 Å². The molecule has 156 valence electrons. The number of rotatable bonds is 0. The molecule has 0 aliphatic rings. The highest BCUT2D eigenvalue weighted by Crippen LogP contribution is 2.22. The van der Waals surface area contributed by atoms with Gasteiger partial charge < -0.3 is 0 Å². The van der Waals surface area contributed by atoms with Crippen molar-refractivity contribution in [2.24, 2.45) is 0 Å². The Hall–Kier alpha value is -4.96. The van der Waals surface area contributed by atoms with Gasteiger partial charge in [0, 0.05) is 33.4 Å². The maximum Gasteiger partial charge on any atom is 0.0340 e. The Morgan fingerprint density at radius 2 is 0.794 bits per heavy atom. The molecule has 0 atom stereocenters. The van der Waals surface area contributed by atoms with Crippen LogP contribution in [0.4, 0.5) is 0 Å². The Labute approximate surface area is 200 Å². The van der Waals surface area contributed by atoms with Crippen LogP contribution in [0.2, 0.25) is 0 Å². The van der Waals surface area contributed by atoms with Crippen LogP contribution in [-0.2, 0) is 0 Å². The predicted octanol–water partition coefficient (Wildman–Crippen LogP) is 7.04. The lowest BCUT2D eigenvalue weighted by Gasteiger charge is -2.04. The van der Waals surface area contributed by atoms with Gasteiger partial charge in [0.1, 0.15) is 0 Å². The van der Waals surface area contributed by atoms with Gasteiger partial charge in [0.05, 0.1) is 0 Å². The first-order valence-electron chi connectivity index (χ1n) is 11.1. The minimum Gasteiger partial charge on any atom is -0.0622 e. The van der Waals surface area contributed by atoms with Crippen LogP contribution in [0.5, 0.6) is 0 Å². The number of fused-ring (bicyclic) bond motifs is 1. The molecule has 0 saturated carbocycles. The van der Waals surface area contributed by atoms with E-state index in [1.54, 1.807) is 0 Å². The van der Waals surface area contributed by atoms with Crippen LogP contribution in [0, 0.1) is 35.5 Å². The van der Waals surface area contributed by atoms with Gasteiger partial charge >= 0.3 is 0 Å². The Morgan fingerprint density at radius 1 is 0.324 bits per heavy atom. The van der Waals surface area contributed by atoms with Gasteiger partial charge in [-0.1, -0.05) is 96.2 Å². The molecule has 5 rings (SSSR count). The zero-order chi connectivity index (χ0) is 23.0. The molecule has 0 heterocycles. The third-order valence-corrected chi connectivity index (χ3v) is 5.32. The van der Waals surface area contributed by atoms with Crippen LogP contribution in [0.3, 0.4) is 0 Å². The molecule has 5 aromatic carbocycles. The van der Waals surface area contributed by atoms with E-state index in [0.717, 1.165) is 44.2 Å². The van der Waals surface area contributed by atoms with Gasteiger partial charge in [0.2, 0.25) is 0 Å². The fourth-order valence-corrected chi connectivity index (χ4v) is 3.60. The Bertz CT molecular complexity index is 1620. The van der Waals surface area contributed by atoms with Crippen LogP contribution >= 0.6 is 0 Å². The number of hydrogen-bond donors (Lipinski definition) is 0. The minimum absolute atomic E-state index is 0.942. The highest BCUT2D eigenvalue weighted by Gasteiger charge is 2.03. The molecule has 0 unspecified atom stereocenters. The van der Waals surface area contributed by atoms with Crippen molar-refractivity contribution in [1.29, 1.82) is 0 Å². The van der Waals surface area contributed by atoms with E-state index in [-0.39, 0.29) is 0 Å². The molecule has 0 N–H and O–H groups in total. The molecule has 0 bridgehead atoms. The second-order valence-corrected chi connectivity index (χ2v) is 7.81. The van der Waals surface area contributed by atoms with Crippen molar-refractivity contribution in [2.75, 3.05) is 0 Å². The SMILES string of the molecule is C(#Cc1cc(C#Cc2ccccc2)c2cc(C#Cc3ccccc3)ccc2c1)c1ccccc1. The molecule has 0 spiro atoms. The fraction of sp³-hybridized carbons (Fsp3) is 0. The van der Waals surface area contributed by atoms with E-state index in [1.807, 2.05) is 91.0 Å². The second-order valence-electron chi connectivity index (χ2n) is 7.81. The van der Waals surface area contributed by atoms with Crippen molar-refractivity contribution in [1.82, 2.24) is 0 Å². The summed E-state index contributed by atoms with van der Waals surface area (Å²) in [6, 6.07) is 40.6. The molecule has 0 heteroatoms. The van der Waals surface area contributed by atoms with E-state index < -0.39 is 0 Å². The van der Waals surface area contributed by atoms with Crippen molar-refractivity contribution in [3.63, 3.8) is 0 Å². The van der Waals surface area contributed by atoms with E-state index in [1.165, 1.54) is 0 Å². The first kappa shape index (κ1) is 20.9. The highest BCUT2D eigenvalue weighted by atomic mass is 14.1. The Morgan fingerprint density at radius 3 is 1.35 bits per heavy atom. The molecule has 0 aromatic heterocycles. The van der Waals surface area contributed by atoms with E-state index in [9.17, 15) is 0 Å². The smallest absolute Gasteiger partial charge is 0.0340 e. The minimum atomic E-state index is 0.942. The van der Waals surface area contributed by atoms with E-state index >= 15 is 0 Å². The van der Waals surface area contributed by atoms with Gasteiger partial charge in [-0.05, 0) is 71.4 Å². The van der Waals surface area contributed by atoms with Gasteiger partial charge in [-0.15, -0.1) is 0 Å². The van der Waals surface area contributed by atoms with Crippen LogP contribution in [0.1, 0.15) is 33.4 Å².